The number of aromatic nitrogens is 2. The number of thiophene rings is 1. The molecule has 1 N–H and O–H groups in total. The van der Waals surface area contributed by atoms with E-state index in [4.69, 9.17) is 9.15 Å². The van der Waals surface area contributed by atoms with Crippen molar-refractivity contribution in [2.45, 2.75) is 11.3 Å². The summed E-state index contributed by atoms with van der Waals surface area (Å²) >= 11 is 1.42. The number of anilines is 1. The molecule has 0 spiro atoms. The van der Waals surface area contributed by atoms with E-state index >= 15 is 0 Å². The maximum atomic E-state index is 12.3. The van der Waals surface area contributed by atoms with Gasteiger partial charge in [0.15, 0.2) is 9.84 Å². The maximum Gasteiger partial charge on any atom is 0.322 e. The van der Waals surface area contributed by atoms with Gasteiger partial charge in [-0.05, 0) is 35.7 Å². The summed E-state index contributed by atoms with van der Waals surface area (Å²) in [6, 6.07) is 9.57. The van der Waals surface area contributed by atoms with Gasteiger partial charge in [0.1, 0.15) is 5.75 Å². The van der Waals surface area contributed by atoms with Crippen LogP contribution in [-0.2, 0) is 14.6 Å². The van der Waals surface area contributed by atoms with Crippen molar-refractivity contribution < 1.29 is 22.4 Å². The summed E-state index contributed by atoms with van der Waals surface area (Å²) in [5, 5.41) is 11.8. The van der Waals surface area contributed by atoms with E-state index in [0.717, 1.165) is 4.88 Å². The molecule has 8 nitrogen and oxygen atoms in total. The van der Waals surface area contributed by atoms with Gasteiger partial charge in [-0.1, -0.05) is 11.2 Å². The van der Waals surface area contributed by atoms with Gasteiger partial charge in [-0.3, -0.25) is 10.1 Å². The van der Waals surface area contributed by atoms with Crippen LogP contribution in [0, 0.1) is 0 Å². The zero-order valence-electron chi connectivity index (χ0n) is 13.7. The van der Waals surface area contributed by atoms with Crippen LogP contribution in [0.1, 0.15) is 6.42 Å². The van der Waals surface area contributed by atoms with Crippen LogP contribution in [0.5, 0.6) is 5.75 Å². The highest BCUT2D eigenvalue weighted by Crippen LogP contribution is 2.24. The number of amides is 1. The highest BCUT2D eigenvalue weighted by atomic mass is 32.2. The molecule has 0 aliphatic carbocycles. The van der Waals surface area contributed by atoms with Crippen LogP contribution in [0.25, 0.3) is 10.8 Å². The fourth-order valence-electron chi connectivity index (χ4n) is 2.08. The van der Waals surface area contributed by atoms with Crippen molar-refractivity contribution in [3.63, 3.8) is 0 Å². The summed E-state index contributed by atoms with van der Waals surface area (Å²) in [5.74, 6) is -0.0128. The molecule has 10 heteroatoms. The van der Waals surface area contributed by atoms with Gasteiger partial charge < -0.3 is 9.15 Å². The Balaban J connectivity index is 1.58. The molecule has 0 unspecified atom stereocenters. The van der Waals surface area contributed by atoms with Crippen LogP contribution in [0.15, 0.2) is 51.1 Å². The molecule has 1 aromatic carbocycles. The first-order valence-electron chi connectivity index (χ1n) is 7.52. The van der Waals surface area contributed by atoms with Gasteiger partial charge in [-0.25, -0.2) is 8.42 Å². The first-order chi connectivity index (χ1) is 12.5. The minimum absolute atomic E-state index is 0.0692. The number of carbonyl (C=O) groups is 1. The van der Waals surface area contributed by atoms with E-state index in [-0.39, 0.29) is 23.1 Å². The SMILES string of the molecule is COc1ccc(S(=O)(=O)CCC(=O)Nc2nnc(-c3cccs3)o2)cc1. The second-order valence-corrected chi connectivity index (χ2v) is 8.24. The average Bonchev–Trinajstić information content (AvgIpc) is 3.32. The number of rotatable bonds is 7. The number of hydrogen-bond acceptors (Lipinski definition) is 8. The van der Waals surface area contributed by atoms with Crippen molar-refractivity contribution >= 4 is 33.1 Å². The Morgan fingerprint density at radius 1 is 1.23 bits per heavy atom. The topological polar surface area (TPSA) is 111 Å². The number of nitrogens with one attached hydrogen (secondary N) is 1. The van der Waals surface area contributed by atoms with Gasteiger partial charge >= 0.3 is 6.01 Å². The molecular formula is C16H15N3O5S2. The van der Waals surface area contributed by atoms with Crippen LogP contribution in [0.4, 0.5) is 6.01 Å². The van der Waals surface area contributed by atoms with Crippen molar-refractivity contribution in [2.24, 2.45) is 0 Å². The predicted octanol–water partition coefficient (Wildman–Crippen LogP) is 2.61. The molecule has 0 atom stereocenters. The molecule has 2 heterocycles. The van der Waals surface area contributed by atoms with Gasteiger partial charge in [0.25, 0.3) is 5.89 Å². The summed E-state index contributed by atoms with van der Waals surface area (Å²) in [4.78, 5) is 12.9. The quantitative estimate of drug-likeness (QED) is 0.657. The summed E-state index contributed by atoms with van der Waals surface area (Å²) in [7, 11) is -2.09. The number of sulfone groups is 1. The Bertz CT molecular complexity index is 979. The number of ether oxygens (including phenoxy) is 1. The lowest BCUT2D eigenvalue weighted by Gasteiger charge is -2.05. The minimum Gasteiger partial charge on any atom is -0.497 e. The molecule has 1 amide bonds. The monoisotopic (exact) mass is 393 g/mol. The van der Waals surface area contributed by atoms with Crippen molar-refractivity contribution in [3.8, 4) is 16.5 Å². The lowest BCUT2D eigenvalue weighted by Crippen LogP contribution is -2.17. The molecule has 0 radical (unpaired) electrons. The standard InChI is InChI=1S/C16H15N3O5S2/c1-23-11-4-6-12(7-5-11)26(21,22)10-8-14(20)17-16-19-18-15(24-16)13-3-2-9-25-13/h2-7,9H,8,10H2,1H3,(H,17,19,20). The maximum absolute atomic E-state index is 12.3. The van der Waals surface area contributed by atoms with E-state index in [2.05, 4.69) is 15.5 Å². The number of methoxy groups -OCH3 is 1. The number of benzene rings is 1. The fraction of sp³-hybridized carbons (Fsp3) is 0.188. The van der Waals surface area contributed by atoms with Crippen LogP contribution >= 0.6 is 11.3 Å². The van der Waals surface area contributed by atoms with Crippen LogP contribution < -0.4 is 10.1 Å². The van der Waals surface area contributed by atoms with E-state index in [1.165, 1.54) is 30.6 Å². The second-order valence-electron chi connectivity index (χ2n) is 5.18. The molecule has 0 bridgehead atoms. The Morgan fingerprint density at radius 2 is 2.00 bits per heavy atom. The van der Waals surface area contributed by atoms with Crippen molar-refractivity contribution in [1.82, 2.24) is 10.2 Å². The molecule has 0 aliphatic heterocycles. The fourth-order valence-corrected chi connectivity index (χ4v) is 3.97. The summed E-state index contributed by atoms with van der Waals surface area (Å²) < 4.78 is 34.9. The molecule has 0 saturated heterocycles. The molecular weight excluding hydrogens is 378 g/mol. The lowest BCUT2D eigenvalue weighted by molar-refractivity contribution is -0.115. The van der Waals surface area contributed by atoms with Crippen molar-refractivity contribution in [1.29, 1.82) is 0 Å². The Kier molecular flexibility index (Phi) is 5.33. The van der Waals surface area contributed by atoms with E-state index < -0.39 is 15.7 Å². The molecule has 0 aliphatic rings. The van der Waals surface area contributed by atoms with E-state index in [1.54, 1.807) is 12.1 Å². The van der Waals surface area contributed by atoms with Crippen LogP contribution in [0.2, 0.25) is 0 Å². The molecule has 0 fully saturated rings. The van der Waals surface area contributed by atoms with E-state index in [9.17, 15) is 13.2 Å². The minimum atomic E-state index is -3.58. The third kappa shape index (κ3) is 4.27. The van der Waals surface area contributed by atoms with E-state index in [1.807, 2.05) is 17.5 Å². The lowest BCUT2D eigenvalue weighted by atomic mass is 10.3. The largest absolute Gasteiger partial charge is 0.497 e. The summed E-state index contributed by atoms with van der Waals surface area (Å²) in [6.45, 7) is 0. The zero-order valence-corrected chi connectivity index (χ0v) is 15.3. The van der Waals surface area contributed by atoms with Crippen molar-refractivity contribution in [3.05, 3.63) is 41.8 Å². The molecule has 2 aromatic heterocycles. The Labute approximate surface area is 153 Å². The molecule has 0 saturated carbocycles. The smallest absolute Gasteiger partial charge is 0.322 e. The van der Waals surface area contributed by atoms with Gasteiger partial charge in [-0.2, -0.15) is 0 Å². The first-order valence-corrected chi connectivity index (χ1v) is 10.1. The second kappa shape index (κ2) is 7.67. The highest BCUT2D eigenvalue weighted by Gasteiger charge is 2.18. The number of carbonyl (C=O) groups excluding carboxylic acids is 1. The summed E-state index contributed by atoms with van der Waals surface area (Å²) in [6.07, 6.45) is -0.231. The predicted molar refractivity (Wildman–Crippen MR) is 95.9 cm³/mol. The van der Waals surface area contributed by atoms with Crippen molar-refractivity contribution in [2.75, 3.05) is 18.2 Å². The van der Waals surface area contributed by atoms with Crippen LogP contribution in [-0.4, -0.2) is 37.4 Å². The average molecular weight is 393 g/mol. The third-order valence-electron chi connectivity index (χ3n) is 3.42. The zero-order chi connectivity index (χ0) is 18.6. The Morgan fingerprint density at radius 3 is 2.65 bits per heavy atom. The van der Waals surface area contributed by atoms with Gasteiger partial charge in [0, 0.05) is 6.42 Å². The van der Waals surface area contributed by atoms with E-state index in [0.29, 0.717) is 11.6 Å². The van der Waals surface area contributed by atoms with Gasteiger partial charge in [-0.15, -0.1) is 16.4 Å². The summed E-state index contributed by atoms with van der Waals surface area (Å²) in [5.41, 5.74) is 0. The Hall–Kier alpha value is -2.72. The molecule has 3 aromatic rings. The highest BCUT2D eigenvalue weighted by molar-refractivity contribution is 7.91. The first kappa shape index (κ1) is 18.1. The molecule has 136 valence electrons. The van der Waals surface area contributed by atoms with Gasteiger partial charge in [0.05, 0.1) is 22.6 Å². The molecule has 26 heavy (non-hydrogen) atoms. The molecule has 3 rings (SSSR count). The normalized spacial score (nSPS) is 11.3. The number of hydrogen-bond donors (Lipinski definition) is 1. The van der Waals surface area contributed by atoms with Gasteiger partial charge in [0.2, 0.25) is 5.91 Å². The number of nitrogens with zero attached hydrogens (tertiary/aromatic N) is 2. The van der Waals surface area contributed by atoms with Crippen LogP contribution in [0.3, 0.4) is 0 Å². The third-order valence-corrected chi connectivity index (χ3v) is 6.01.